The van der Waals surface area contributed by atoms with Crippen molar-refractivity contribution in [1.82, 2.24) is 10.3 Å². The maximum absolute atomic E-state index is 12.1. The summed E-state index contributed by atoms with van der Waals surface area (Å²) in [6.07, 6.45) is 4.27. The van der Waals surface area contributed by atoms with Gasteiger partial charge in [0.25, 0.3) is 0 Å². The Kier molecular flexibility index (Phi) is 5.70. The molecule has 3 atom stereocenters. The van der Waals surface area contributed by atoms with Gasteiger partial charge in [-0.25, -0.2) is 4.79 Å². The minimum atomic E-state index is -0.512. The molecular formula is C18H29N3O3. The summed E-state index contributed by atoms with van der Waals surface area (Å²) in [7, 11) is 0. The van der Waals surface area contributed by atoms with Crippen molar-refractivity contribution in [3.05, 3.63) is 24.0 Å². The summed E-state index contributed by atoms with van der Waals surface area (Å²) in [6, 6.07) is 1.87. The summed E-state index contributed by atoms with van der Waals surface area (Å²) in [5, 5.41) is 2.98. The molecule has 3 unspecified atom stereocenters. The first-order valence-corrected chi connectivity index (χ1v) is 8.50. The van der Waals surface area contributed by atoms with Gasteiger partial charge in [-0.1, -0.05) is 13.8 Å². The normalized spacial score (nSPS) is 24.7. The number of alkyl carbamates (subject to hydrolysis) is 1. The number of ether oxygens (including phenoxy) is 2. The van der Waals surface area contributed by atoms with Gasteiger partial charge < -0.3 is 20.5 Å². The third-order valence-electron chi connectivity index (χ3n) is 4.05. The molecular weight excluding hydrogens is 306 g/mol. The van der Waals surface area contributed by atoms with Crippen LogP contribution < -0.4 is 11.1 Å². The second-order valence-electron chi connectivity index (χ2n) is 7.73. The van der Waals surface area contributed by atoms with Crippen LogP contribution in [0.2, 0.25) is 0 Å². The molecule has 1 aliphatic heterocycles. The lowest BCUT2D eigenvalue weighted by Gasteiger charge is -2.38. The number of rotatable bonds is 3. The van der Waals surface area contributed by atoms with Crippen molar-refractivity contribution in [2.45, 2.75) is 71.3 Å². The van der Waals surface area contributed by atoms with Crippen molar-refractivity contribution in [3.8, 4) is 0 Å². The van der Waals surface area contributed by atoms with Crippen molar-refractivity contribution in [3.63, 3.8) is 0 Å². The molecule has 24 heavy (non-hydrogen) atoms. The van der Waals surface area contributed by atoms with Gasteiger partial charge in [0.2, 0.25) is 0 Å². The highest BCUT2D eigenvalue weighted by Gasteiger charge is 2.34. The molecule has 2 heterocycles. The van der Waals surface area contributed by atoms with Gasteiger partial charge in [0, 0.05) is 17.8 Å². The summed E-state index contributed by atoms with van der Waals surface area (Å²) in [4.78, 5) is 16.1. The third kappa shape index (κ3) is 5.09. The van der Waals surface area contributed by atoms with Crippen LogP contribution in [-0.4, -0.2) is 28.8 Å². The Bertz CT molecular complexity index is 569. The number of carbonyl (C=O) groups excluding carboxylic acids is 1. The maximum Gasteiger partial charge on any atom is 0.407 e. The van der Waals surface area contributed by atoms with E-state index in [1.807, 2.05) is 26.8 Å². The first kappa shape index (κ1) is 18.5. The third-order valence-corrected chi connectivity index (χ3v) is 4.05. The van der Waals surface area contributed by atoms with E-state index in [2.05, 4.69) is 24.1 Å². The SMILES string of the molecule is CC(C)C1CC(NC(=O)OC(C)(C)C)CC(c2ccncc2N)O1. The Morgan fingerprint density at radius 1 is 1.42 bits per heavy atom. The van der Waals surface area contributed by atoms with Crippen molar-refractivity contribution in [1.29, 1.82) is 0 Å². The predicted octanol–water partition coefficient (Wildman–Crippen LogP) is 3.43. The van der Waals surface area contributed by atoms with Crippen LogP contribution in [0.15, 0.2) is 18.5 Å². The van der Waals surface area contributed by atoms with Crippen LogP contribution in [0.5, 0.6) is 0 Å². The molecule has 1 amide bonds. The molecule has 0 aliphatic carbocycles. The lowest BCUT2D eigenvalue weighted by Crippen LogP contribution is -2.46. The first-order chi connectivity index (χ1) is 11.2. The number of pyridine rings is 1. The minimum Gasteiger partial charge on any atom is -0.444 e. The zero-order valence-electron chi connectivity index (χ0n) is 15.2. The summed E-state index contributed by atoms with van der Waals surface area (Å²) >= 11 is 0. The number of hydrogen-bond donors (Lipinski definition) is 2. The summed E-state index contributed by atoms with van der Waals surface area (Å²) in [6.45, 7) is 9.80. The molecule has 1 aromatic heterocycles. The topological polar surface area (TPSA) is 86.5 Å². The number of hydrogen-bond acceptors (Lipinski definition) is 5. The Morgan fingerprint density at radius 2 is 2.12 bits per heavy atom. The highest BCUT2D eigenvalue weighted by atomic mass is 16.6. The van der Waals surface area contributed by atoms with Crippen LogP contribution >= 0.6 is 0 Å². The van der Waals surface area contributed by atoms with E-state index in [9.17, 15) is 4.79 Å². The van der Waals surface area contributed by atoms with Crippen LogP contribution in [-0.2, 0) is 9.47 Å². The lowest BCUT2D eigenvalue weighted by atomic mass is 9.90. The zero-order valence-corrected chi connectivity index (χ0v) is 15.2. The average molecular weight is 335 g/mol. The zero-order chi connectivity index (χ0) is 17.9. The number of anilines is 1. The van der Waals surface area contributed by atoms with Gasteiger partial charge >= 0.3 is 6.09 Å². The number of amides is 1. The molecule has 0 bridgehead atoms. The highest BCUT2D eigenvalue weighted by molar-refractivity contribution is 5.68. The van der Waals surface area contributed by atoms with E-state index in [1.165, 1.54) is 0 Å². The number of nitrogens with one attached hydrogen (secondary N) is 1. The largest absolute Gasteiger partial charge is 0.444 e. The van der Waals surface area contributed by atoms with Gasteiger partial charge in [0.15, 0.2) is 0 Å². The van der Waals surface area contributed by atoms with Gasteiger partial charge in [0.05, 0.1) is 24.1 Å². The highest BCUT2D eigenvalue weighted by Crippen LogP contribution is 2.36. The summed E-state index contributed by atoms with van der Waals surface area (Å²) in [5.74, 6) is 0.346. The molecule has 0 radical (unpaired) electrons. The van der Waals surface area contributed by atoms with E-state index < -0.39 is 11.7 Å². The monoisotopic (exact) mass is 335 g/mol. The second kappa shape index (κ2) is 7.38. The fourth-order valence-electron chi connectivity index (χ4n) is 2.89. The first-order valence-electron chi connectivity index (χ1n) is 8.50. The molecule has 2 rings (SSSR count). The Morgan fingerprint density at radius 3 is 2.71 bits per heavy atom. The molecule has 0 aromatic carbocycles. The van der Waals surface area contributed by atoms with Crippen molar-refractivity contribution in [2.75, 3.05) is 5.73 Å². The second-order valence-corrected chi connectivity index (χ2v) is 7.73. The van der Waals surface area contributed by atoms with E-state index in [0.717, 1.165) is 12.0 Å². The van der Waals surface area contributed by atoms with Crippen LogP contribution in [0.25, 0.3) is 0 Å². The van der Waals surface area contributed by atoms with E-state index in [4.69, 9.17) is 15.2 Å². The van der Waals surface area contributed by atoms with Gasteiger partial charge in [-0.2, -0.15) is 0 Å². The van der Waals surface area contributed by atoms with Crippen LogP contribution in [0, 0.1) is 5.92 Å². The molecule has 1 fully saturated rings. The van der Waals surface area contributed by atoms with Crippen molar-refractivity contribution < 1.29 is 14.3 Å². The van der Waals surface area contributed by atoms with E-state index in [-0.39, 0.29) is 18.2 Å². The molecule has 6 nitrogen and oxygen atoms in total. The van der Waals surface area contributed by atoms with E-state index in [1.54, 1.807) is 12.4 Å². The summed E-state index contributed by atoms with van der Waals surface area (Å²) in [5.41, 5.74) is 7.07. The number of carbonyl (C=O) groups is 1. The molecule has 134 valence electrons. The molecule has 1 aliphatic rings. The standard InChI is InChI=1S/C18H29N3O3/c1-11(2)15-8-12(21-17(22)24-18(3,4)5)9-16(23-15)13-6-7-20-10-14(13)19/h6-7,10-12,15-16H,8-9,19H2,1-5H3,(H,21,22). The number of nitrogen functional groups attached to an aromatic ring is 1. The van der Waals surface area contributed by atoms with Gasteiger partial charge in [-0.05, 0) is 45.6 Å². The molecule has 3 N–H and O–H groups in total. The molecule has 6 heteroatoms. The van der Waals surface area contributed by atoms with Gasteiger partial charge in [0.1, 0.15) is 5.60 Å². The van der Waals surface area contributed by atoms with Crippen LogP contribution in [0.3, 0.4) is 0 Å². The van der Waals surface area contributed by atoms with E-state index in [0.29, 0.717) is 18.0 Å². The van der Waals surface area contributed by atoms with Crippen LogP contribution in [0.1, 0.15) is 59.1 Å². The van der Waals surface area contributed by atoms with Crippen molar-refractivity contribution in [2.24, 2.45) is 5.92 Å². The molecule has 1 aromatic rings. The molecule has 1 saturated heterocycles. The van der Waals surface area contributed by atoms with Gasteiger partial charge in [-0.15, -0.1) is 0 Å². The quantitative estimate of drug-likeness (QED) is 0.883. The molecule has 0 saturated carbocycles. The Hall–Kier alpha value is -1.82. The van der Waals surface area contributed by atoms with Gasteiger partial charge in [-0.3, -0.25) is 4.98 Å². The van der Waals surface area contributed by atoms with Crippen molar-refractivity contribution >= 4 is 11.8 Å². The average Bonchev–Trinajstić information content (AvgIpc) is 2.45. The predicted molar refractivity (Wildman–Crippen MR) is 93.5 cm³/mol. The maximum atomic E-state index is 12.1. The minimum absolute atomic E-state index is 0.0152. The Labute approximate surface area is 144 Å². The van der Waals surface area contributed by atoms with E-state index >= 15 is 0 Å². The van der Waals surface area contributed by atoms with Crippen LogP contribution in [0.4, 0.5) is 10.5 Å². The fraction of sp³-hybridized carbons (Fsp3) is 0.667. The number of aromatic nitrogens is 1. The smallest absolute Gasteiger partial charge is 0.407 e. The number of nitrogens with zero attached hydrogens (tertiary/aromatic N) is 1. The molecule has 0 spiro atoms. The summed E-state index contributed by atoms with van der Waals surface area (Å²) < 4.78 is 11.6. The number of nitrogens with two attached hydrogens (primary N) is 1. The lowest BCUT2D eigenvalue weighted by molar-refractivity contribution is -0.0833. The Balaban J connectivity index is 2.11. The fourth-order valence-corrected chi connectivity index (χ4v) is 2.89.